The highest BCUT2D eigenvalue weighted by Gasteiger charge is 2.53. The molecule has 0 aromatic heterocycles. The van der Waals surface area contributed by atoms with E-state index in [1.807, 2.05) is 0 Å². The second kappa shape index (κ2) is 3.68. The van der Waals surface area contributed by atoms with Gasteiger partial charge in [0.05, 0.1) is 0 Å². The molecule has 15 heavy (non-hydrogen) atoms. The molecule has 86 valence electrons. The van der Waals surface area contributed by atoms with E-state index in [2.05, 4.69) is 53.1 Å². The number of rotatable bonds is 1. The SMILES string of the molecule is NC12CCC(NC(=O)C(Br)(Br)Br)(CC1)C2. The van der Waals surface area contributed by atoms with Gasteiger partial charge < -0.3 is 11.1 Å². The van der Waals surface area contributed by atoms with Gasteiger partial charge in [0, 0.05) is 11.1 Å². The van der Waals surface area contributed by atoms with E-state index in [1.54, 1.807) is 0 Å². The molecule has 0 saturated heterocycles. The molecule has 0 heterocycles. The molecule has 0 radical (unpaired) electrons. The number of nitrogens with two attached hydrogens (primary N) is 1. The van der Waals surface area contributed by atoms with E-state index in [1.165, 1.54) is 0 Å². The Balaban J connectivity index is 2.05. The average Bonchev–Trinajstić information content (AvgIpc) is 2.56. The molecule has 3 nitrogen and oxygen atoms in total. The van der Waals surface area contributed by atoms with Gasteiger partial charge in [-0.05, 0) is 79.9 Å². The molecule has 2 bridgehead atoms. The Morgan fingerprint density at radius 2 is 1.73 bits per heavy atom. The number of carbonyl (C=O) groups is 1. The van der Waals surface area contributed by atoms with Crippen LogP contribution in [0.1, 0.15) is 32.1 Å². The summed E-state index contributed by atoms with van der Waals surface area (Å²) in [5.74, 6) is -0.0892. The molecule has 2 rings (SSSR count). The topological polar surface area (TPSA) is 55.1 Å². The van der Waals surface area contributed by atoms with Gasteiger partial charge in [0.2, 0.25) is 2.14 Å². The quantitative estimate of drug-likeness (QED) is 0.659. The normalized spacial score (nSPS) is 39.5. The zero-order valence-electron chi connectivity index (χ0n) is 8.16. The monoisotopic (exact) mass is 402 g/mol. The molecule has 2 fully saturated rings. The van der Waals surface area contributed by atoms with Crippen LogP contribution in [0.15, 0.2) is 0 Å². The Labute approximate surface area is 114 Å². The lowest BCUT2D eigenvalue weighted by atomic mass is 9.92. The van der Waals surface area contributed by atoms with Crippen LogP contribution in [0.2, 0.25) is 0 Å². The maximum Gasteiger partial charge on any atom is 0.259 e. The number of carbonyl (C=O) groups excluding carboxylic acids is 1. The minimum Gasteiger partial charge on any atom is -0.348 e. The summed E-state index contributed by atoms with van der Waals surface area (Å²) in [4.78, 5) is 11.8. The first kappa shape index (κ1) is 12.3. The predicted molar refractivity (Wildman–Crippen MR) is 70.4 cm³/mol. The van der Waals surface area contributed by atoms with E-state index in [0.29, 0.717) is 0 Å². The van der Waals surface area contributed by atoms with Crippen LogP contribution in [0.3, 0.4) is 0 Å². The zero-order valence-corrected chi connectivity index (χ0v) is 12.9. The maximum absolute atomic E-state index is 11.8. The van der Waals surface area contributed by atoms with Crippen molar-refractivity contribution in [2.45, 2.75) is 45.3 Å². The van der Waals surface area contributed by atoms with Crippen molar-refractivity contribution in [3.05, 3.63) is 0 Å². The van der Waals surface area contributed by atoms with E-state index in [4.69, 9.17) is 5.73 Å². The van der Waals surface area contributed by atoms with Crippen LogP contribution < -0.4 is 11.1 Å². The van der Waals surface area contributed by atoms with E-state index in [-0.39, 0.29) is 17.0 Å². The van der Waals surface area contributed by atoms with Crippen LogP contribution in [0, 0.1) is 0 Å². The fraction of sp³-hybridized carbons (Fsp3) is 0.889. The Morgan fingerprint density at radius 3 is 2.07 bits per heavy atom. The zero-order chi connectivity index (χ0) is 11.3. The summed E-state index contributed by atoms with van der Waals surface area (Å²) in [7, 11) is 0. The lowest BCUT2D eigenvalue weighted by Crippen LogP contribution is -2.49. The smallest absolute Gasteiger partial charge is 0.259 e. The van der Waals surface area contributed by atoms with Crippen molar-refractivity contribution in [3.63, 3.8) is 0 Å². The molecule has 6 heteroatoms. The molecule has 0 spiro atoms. The second-order valence-corrected chi connectivity index (χ2v) is 11.5. The summed E-state index contributed by atoms with van der Waals surface area (Å²) in [6, 6.07) is 0. The molecule has 0 aromatic rings. The van der Waals surface area contributed by atoms with Gasteiger partial charge in [-0.25, -0.2) is 0 Å². The molecule has 2 saturated carbocycles. The fourth-order valence-corrected chi connectivity index (χ4v) is 3.03. The first-order valence-electron chi connectivity index (χ1n) is 4.93. The van der Waals surface area contributed by atoms with E-state index in [0.717, 1.165) is 32.1 Å². The number of fused-ring (bicyclic) bond motifs is 2. The minimum absolute atomic E-state index is 0.0269. The molecule has 0 atom stereocenters. The van der Waals surface area contributed by atoms with Gasteiger partial charge in [0.1, 0.15) is 0 Å². The Morgan fingerprint density at radius 1 is 1.20 bits per heavy atom. The number of hydrogen-bond acceptors (Lipinski definition) is 2. The maximum atomic E-state index is 11.8. The van der Waals surface area contributed by atoms with Crippen molar-refractivity contribution < 1.29 is 4.79 Å². The Hall–Kier alpha value is 0.870. The van der Waals surface area contributed by atoms with Gasteiger partial charge in [-0.1, -0.05) is 0 Å². The van der Waals surface area contributed by atoms with Crippen molar-refractivity contribution in [2.75, 3.05) is 0 Å². The van der Waals surface area contributed by atoms with Crippen molar-refractivity contribution in [3.8, 4) is 0 Å². The Kier molecular flexibility index (Phi) is 3.03. The van der Waals surface area contributed by atoms with E-state index >= 15 is 0 Å². The highest BCUT2D eigenvalue weighted by molar-refractivity contribution is 9.40. The number of alkyl halides is 3. The first-order valence-corrected chi connectivity index (χ1v) is 7.31. The molecular weight excluding hydrogens is 392 g/mol. The fourth-order valence-electron chi connectivity index (χ4n) is 2.73. The predicted octanol–water partition coefficient (Wildman–Crippen LogP) is 2.36. The van der Waals surface area contributed by atoms with Crippen molar-refractivity contribution in [1.29, 1.82) is 0 Å². The summed E-state index contributed by atoms with van der Waals surface area (Å²) in [5, 5.41) is 3.09. The van der Waals surface area contributed by atoms with Gasteiger partial charge in [0.25, 0.3) is 5.91 Å². The summed E-state index contributed by atoms with van der Waals surface area (Å²) in [6.45, 7) is 0. The lowest BCUT2D eigenvalue weighted by molar-refractivity contribution is -0.121. The van der Waals surface area contributed by atoms with E-state index in [9.17, 15) is 4.79 Å². The van der Waals surface area contributed by atoms with Gasteiger partial charge in [0.15, 0.2) is 0 Å². The summed E-state index contributed by atoms with van der Waals surface area (Å²) in [6.07, 6.45) is 4.95. The molecule has 0 aliphatic heterocycles. The first-order chi connectivity index (χ1) is 6.75. The van der Waals surface area contributed by atoms with Gasteiger partial charge in [-0.3, -0.25) is 4.79 Å². The van der Waals surface area contributed by atoms with Gasteiger partial charge in [-0.2, -0.15) is 0 Å². The van der Waals surface area contributed by atoms with Crippen molar-refractivity contribution >= 4 is 53.7 Å². The second-order valence-electron chi connectivity index (χ2n) is 4.77. The average molecular weight is 405 g/mol. The van der Waals surface area contributed by atoms with Crippen LogP contribution >= 0.6 is 47.8 Å². The third-order valence-corrected chi connectivity index (χ3v) is 4.61. The summed E-state index contributed by atoms with van der Waals surface area (Å²) >= 11 is 9.66. The Bertz CT molecular complexity index is 292. The number of hydrogen-bond donors (Lipinski definition) is 2. The number of nitrogens with one attached hydrogen (secondary N) is 1. The highest BCUT2D eigenvalue weighted by atomic mass is 80.0. The van der Waals surface area contributed by atoms with Crippen molar-refractivity contribution in [2.24, 2.45) is 5.73 Å². The number of amides is 1. The van der Waals surface area contributed by atoms with Crippen LogP contribution in [0.4, 0.5) is 0 Å². The summed E-state index contributed by atoms with van der Waals surface area (Å²) < 4.78 is -0.857. The van der Waals surface area contributed by atoms with Crippen LogP contribution in [-0.2, 0) is 4.79 Å². The summed E-state index contributed by atoms with van der Waals surface area (Å²) in [5.41, 5.74) is 6.09. The molecule has 2 aliphatic rings. The van der Waals surface area contributed by atoms with Crippen molar-refractivity contribution in [1.82, 2.24) is 5.32 Å². The minimum atomic E-state index is -0.857. The molecule has 2 aliphatic carbocycles. The molecule has 0 aromatic carbocycles. The lowest BCUT2D eigenvalue weighted by Gasteiger charge is -2.29. The molecule has 1 amide bonds. The standard InChI is InChI=1S/C9H13Br3N2O/c10-9(11,12)6(15)14-8-3-1-7(13,5-8)2-4-8/h1-5,13H2,(H,14,15). The highest BCUT2D eigenvalue weighted by Crippen LogP contribution is 2.49. The third-order valence-electron chi connectivity index (χ3n) is 3.53. The largest absolute Gasteiger partial charge is 0.348 e. The van der Waals surface area contributed by atoms with Gasteiger partial charge >= 0.3 is 0 Å². The number of halogens is 3. The van der Waals surface area contributed by atoms with Crippen LogP contribution in [0.25, 0.3) is 0 Å². The van der Waals surface area contributed by atoms with Crippen LogP contribution in [0.5, 0.6) is 0 Å². The van der Waals surface area contributed by atoms with Crippen LogP contribution in [-0.4, -0.2) is 19.1 Å². The van der Waals surface area contributed by atoms with E-state index < -0.39 is 2.14 Å². The van der Waals surface area contributed by atoms with Gasteiger partial charge in [-0.15, -0.1) is 0 Å². The molecule has 0 unspecified atom stereocenters. The molecular formula is C9H13Br3N2O. The third kappa shape index (κ3) is 2.42. The molecule has 3 N–H and O–H groups in total.